The van der Waals surface area contributed by atoms with Crippen molar-refractivity contribution in [3.63, 3.8) is 0 Å². The Balaban J connectivity index is 1.63. The van der Waals surface area contributed by atoms with Gasteiger partial charge in [-0.1, -0.05) is 78.9 Å². The summed E-state index contributed by atoms with van der Waals surface area (Å²) in [6.07, 6.45) is 9.55. The second-order valence-corrected chi connectivity index (χ2v) is 7.73. The van der Waals surface area contributed by atoms with Gasteiger partial charge in [0.25, 0.3) is 0 Å². The molecule has 3 aromatic carbocycles. The molecule has 0 fully saturated rings. The van der Waals surface area contributed by atoms with Crippen molar-refractivity contribution in [2.24, 2.45) is 0 Å². The van der Waals surface area contributed by atoms with Gasteiger partial charge in [-0.3, -0.25) is 0 Å². The van der Waals surface area contributed by atoms with Crippen LogP contribution in [0.1, 0.15) is 17.5 Å². The summed E-state index contributed by atoms with van der Waals surface area (Å²) >= 11 is 1.88. The van der Waals surface area contributed by atoms with Crippen LogP contribution in [-0.2, 0) is 0 Å². The van der Waals surface area contributed by atoms with E-state index in [9.17, 15) is 0 Å². The van der Waals surface area contributed by atoms with E-state index in [0.29, 0.717) is 0 Å². The van der Waals surface area contributed by atoms with E-state index < -0.39 is 0 Å². The van der Waals surface area contributed by atoms with Gasteiger partial charge in [0.1, 0.15) is 0 Å². The Morgan fingerprint density at radius 1 is 0.778 bits per heavy atom. The molecule has 0 spiro atoms. The number of fused-ring (bicyclic) bond motifs is 3. The monoisotopic (exact) mass is 362 g/mol. The van der Waals surface area contributed by atoms with Crippen molar-refractivity contribution in [2.45, 2.75) is 6.42 Å². The summed E-state index contributed by atoms with van der Waals surface area (Å²) in [4.78, 5) is 0. The maximum atomic E-state index is 3.34. The van der Waals surface area contributed by atoms with E-state index in [2.05, 4.69) is 96.8 Å². The van der Waals surface area contributed by atoms with Crippen molar-refractivity contribution >= 4 is 42.7 Å². The van der Waals surface area contributed by atoms with E-state index >= 15 is 0 Å². The van der Waals surface area contributed by atoms with Crippen LogP contribution >= 0.6 is 11.3 Å². The molecule has 1 aliphatic carbocycles. The number of rotatable bonds is 2. The van der Waals surface area contributed by atoms with Crippen LogP contribution in [0.2, 0.25) is 0 Å². The predicted octanol–water partition coefficient (Wildman–Crippen LogP) is 7.64. The van der Waals surface area contributed by atoms with Crippen LogP contribution in [0.5, 0.6) is 0 Å². The fraction of sp³-hybridized carbons (Fsp3) is 0.0385. The summed E-state index contributed by atoms with van der Waals surface area (Å²) in [5.41, 5.74) is 8.47. The molecule has 0 unspecified atom stereocenters. The molecule has 128 valence electrons. The Hall–Kier alpha value is -3.12. The van der Waals surface area contributed by atoms with Gasteiger partial charge in [-0.25, -0.2) is 0 Å². The molecule has 0 saturated carbocycles. The summed E-state index contributed by atoms with van der Waals surface area (Å²) in [5, 5.41) is 2.68. The van der Waals surface area contributed by atoms with Gasteiger partial charge < -0.3 is 0 Å². The molecular formula is C26H18S. The minimum absolute atomic E-state index is 0.912. The van der Waals surface area contributed by atoms with Crippen LogP contribution in [-0.4, -0.2) is 0 Å². The lowest BCUT2D eigenvalue weighted by atomic mass is 9.96. The third-order valence-corrected chi connectivity index (χ3v) is 6.24. The lowest BCUT2D eigenvalue weighted by Crippen LogP contribution is -1.87. The molecule has 1 aromatic heterocycles. The third-order valence-electron chi connectivity index (χ3n) is 5.02. The highest BCUT2D eigenvalue weighted by Crippen LogP contribution is 2.38. The van der Waals surface area contributed by atoms with Crippen LogP contribution in [0.3, 0.4) is 0 Å². The molecule has 1 aliphatic rings. The van der Waals surface area contributed by atoms with E-state index in [1.165, 1.54) is 42.4 Å². The average Bonchev–Trinajstić information content (AvgIpc) is 3.08. The molecular weight excluding hydrogens is 344 g/mol. The molecule has 0 bridgehead atoms. The minimum Gasteiger partial charge on any atom is -0.135 e. The van der Waals surface area contributed by atoms with Crippen molar-refractivity contribution in [1.82, 2.24) is 0 Å². The predicted molar refractivity (Wildman–Crippen MR) is 119 cm³/mol. The fourth-order valence-electron chi connectivity index (χ4n) is 3.66. The fourth-order valence-corrected chi connectivity index (χ4v) is 4.90. The molecule has 5 rings (SSSR count). The van der Waals surface area contributed by atoms with Crippen molar-refractivity contribution in [2.75, 3.05) is 0 Å². The number of hydrogen-bond acceptors (Lipinski definition) is 1. The van der Waals surface area contributed by atoms with Gasteiger partial charge in [0, 0.05) is 20.2 Å². The van der Waals surface area contributed by atoms with E-state index in [0.717, 1.165) is 6.42 Å². The van der Waals surface area contributed by atoms with E-state index in [4.69, 9.17) is 0 Å². The normalized spacial score (nSPS) is 17.9. The van der Waals surface area contributed by atoms with Crippen molar-refractivity contribution in [3.05, 3.63) is 114 Å². The minimum atomic E-state index is 0.912. The Morgan fingerprint density at radius 2 is 1.59 bits per heavy atom. The first-order valence-corrected chi connectivity index (χ1v) is 10.00. The van der Waals surface area contributed by atoms with E-state index in [-0.39, 0.29) is 0 Å². The Bertz CT molecular complexity index is 1260. The number of thiophene rings is 1. The molecule has 0 N–H and O–H groups in total. The molecule has 27 heavy (non-hydrogen) atoms. The lowest BCUT2D eigenvalue weighted by Gasteiger charge is -2.09. The smallest absolute Gasteiger partial charge is 0.0433 e. The first-order chi connectivity index (χ1) is 13.4. The Morgan fingerprint density at radius 3 is 2.52 bits per heavy atom. The number of allylic oxidation sites excluding steroid dienone is 5. The van der Waals surface area contributed by atoms with Crippen molar-refractivity contribution in [3.8, 4) is 0 Å². The molecule has 4 aromatic rings. The zero-order valence-corrected chi connectivity index (χ0v) is 15.7. The largest absolute Gasteiger partial charge is 0.135 e. The van der Waals surface area contributed by atoms with Crippen LogP contribution in [0, 0.1) is 0 Å². The quantitative estimate of drug-likeness (QED) is 0.321. The van der Waals surface area contributed by atoms with Gasteiger partial charge in [0.15, 0.2) is 0 Å². The van der Waals surface area contributed by atoms with E-state index in [1.54, 1.807) is 0 Å². The van der Waals surface area contributed by atoms with Crippen LogP contribution < -0.4 is 0 Å². The molecule has 0 radical (unpaired) electrons. The maximum Gasteiger partial charge on any atom is 0.0433 e. The van der Waals surface area contributed by atoms with Gasteiger partial charge in [-0.15, -0.1) is 17.1 Å². The first kappa shape index (κ1) is 16.1. The van der Waals surface area contributed by atoms with Crippen LogP contribution in [0.25, 0.3) is 31.3 Å². The van der Waals surface area contributed by atoms with Gasteiger partial charge >= 0.3 is 0 Å². The average molecular weight is 362 g/mol. The summed E-state index contributed by atoms with van der Waals surface area (Å²) in [6.45, 7) is 0. The highest BCUT2D eigenvalue weighted by molar-refractivity contribution is 7.26. The maximum absolute atomic E-state index is 3.34. The van der Waals surface area contributed by atoms with Crippen LogP contribution in [0.15, 0.2) is 103 Å². The summed E-state index contributed by atoms with van der Waals surface area (Å²) < 4.78 is 2.70. The molecule has 0 aliphatic heterocycles. The van der Waals surface area contributed by atoms with Crippen molar-refractivity contribution in [1.29, 1.82) is 0 Å². The Kier molecular flexibility index (Phi) is 4.10. The van der Waals surface area contributed by atoms with Gasteiger partial charge in [-0.05, 0) is 46.9 Å². The molecule has 0 nitrogen and oxygen atoms in total. The molecule has 0 amide bonds. The summed E-state index contributed by atoms with van der Waals surface area (Å²) in [5.74, 6) is 0. The zero-order valence-electron chi connectivity index (χ0n) is 14.9. The lowest BCUT2D eigenvalue weighted by molar-refractivity contribution is 1.39. The van der Waals surface area contributed by atoms with Crippen molar-refractivity contribution < 1.29 is 0 Å². The van der Waals surface area contributed by atoms with E-state index in [1.807, 2.05) is 17.4 Å². The molecule has 0 atom stereocenters. The van der Waals surface area contributed by atoms with Crippen LogP contribution in [0.4, 0.5) is 0 Å². The topological polar surface area (TPSA) is 0 Å². The second kappa shape index (κ2) is 6.89. The molecule has 1 heteroatoms. The van der Waals surface area contributed by atoms with Gasteiger partial charge in [0.2, 0.25) is 0 Å². The zero-order chi connectivity index (χ0) is 18.1. The highest BCUT2D eigenvalue weighted by Gasteiger charge is 2.11. The van der Waals surface area contributed by atoms with Gasteiger partial charge in [0.05, 0.1) is 0 Å². The third kappa shape index (κ3) is 2.98. The number of benzene rings is 3. The van der Waals surface area contributed by atoms with Gasteiger partial charge in [-0.2, -0.15) is 0 Å². The molecule has 0 saturated heterocycles. The highest BCUT2D eigenvalue weighted by atomic mass is 32.1. The standard InChI is InChI=1S/C26H18S/c1-2-9-19(10-3-1)20-11-4-5-12-21(18-17-20)22-14-8-15-24-23-13-6-7-16-25(23)27-26(22)24/h1-4,6-16,18H,17H2/b20-11+,21-18+. The number of hydrogen-bond donors (Lipinski definition) is 0. The Labute approximate surface area is 163 Å². The summed E-state index contributed by atoms with van der Waals surface area (Å²) in [7, 11) is 0. The summed E-state index contributed by atoms with van der Waals surface area (Å²) in [6, 6.07) is 25.9. The SMILES string of the molecule is C1=C/C=C(/c2ccccc2)C/C=C(/c2cccc3c2sc2ccccc23)C=1. The molecule has 1 heterocycles. The first-order valence-electron chi connectivity index (χ1n) is 9.18. The second-order valence-electron chi connectivity index (χ2n) is 6.68.